The molecule has 2 fully saturated rings. The monoisotopic (exact) mass is 281 g/mol. The van der Waals surface area contributed by atoms with Crippen LogP contribution in [0.2, 0.25) is 0 Å². The lowest BCUT2D eigenvalue weighted by Crippen LogP contribution is -2.48. The molecule has 1 aliphatic carbocycles. The molecule has 0 radical (unpaired) electrons. The molecular weight excluding hydrogens is 250 g/mol. The second-order valence-electron chi connectivity index (χ2n) is 6.70. The molecule has 4 heteroatoms. The molecule has 2 atom stereocenters. The summed E-state index contributed by atoms with van der Waals surface area (Å²) in [6.07, 6.45) is 6.81. The molecule has 20 heavy (non-hydrogen) atoms. The Kier molecular flexibility index (Phi) is 5.85. The van der Waals surface area contributed by atoms with Gasteiger partial charge in [0.15, 0.2) is 0 Å². The summed E-state index contributed by atoms with van der Waals surface area (Å²) >= 11 is 0. The number of carbonyl (C=O) groups is 1. The van der Waals surface area contributed by atoms with Crippen LogP contribution in [0.15, 0.2) is 0 Å². The maximum Gasteiger partial charge on any atom is 0.220 e. The Balaban J connectivity index is 1.74. The minimum atomic E-state index is -0.109. The molecule has 1 amide bonds. The van der Waals surface area contributed by atoms with Gasteiger partial charge in [0.05, 0.1) is 0 Å². The molecule has 0 aromatic heterocycles. The van der Waals surface area contributed by atoms with E-state index in [9.17, 15) is 4.79 Å². The number of carbonyl (C=O) groups excluding carboxylic acids is 1. The zero-order chi connectivity index (χ0) is 14.5. The maximum atomic E-state index is 11.2. The van der Waals surface area contributed by atoms with Crippen LogP contribution in [0.5, 0.6) is 0 Å². The molecule has 1 heterocycles. The molecule has 3 N–H and O–H groups in total. The summed E-state index contributed by atoms with van der Waals surface area (Å²) in [7, 11) is 0. The fourth-order valence-corrected chi connectivity index (χ4v) is 3.84. The van der Waals surface area contributed by atoms with Crippen molar-refractivity contribution in [1.29, 1.82) is 0 Å². The van der Waals surface area contributed by atoms with E-state index in [1.165, 1.54) is 32.5 Å². The Morgan fingerprint density at radius 3 is 2.60 bits per heavy atom. The first-order chi connectivity index (χ1) is 9.60. The van der Waals surface area contributed by atoms with E-state index in [-0.39, 0.29) is 11.8 Å². The second-order valence-corrected chi connectivity index (χ2v) is 6.70. The van der Waals surface area contributed by atoms with Gasteiger partial charge in [-0.15, -0.1) is 0 Å². The fraction of sp³-hybridized carbons (Fsp3) is 0.938. The van der Waals surface area contributed by atoms with E-state index in [0.717, 1.165) is 31.6 Å². The summed E-state index contributed by atoms with van der Waals surface area (Å²) < 4.78 is 0. The van der Waals surface area contributed by atoms with Gasteiger partial charge < -0.3 is 16.0 Å². The molecule has 0 bridgehead atoms. The topological polar surface area (TPSA) is 58.4 Å². The van der Waals surface area contributed by atoms with E-state index >= 15 is 0 Å². The van der Waals surface area contributed by atoms with Crippen LogP contribution in [-0.2, 0) is 4.79 Å². The van der Waals surface area contributed by atoms with Crippen LogP contribution in [0, 0.1) is 11.8 Å². The molecule has 1 saturated heterocycles. The molecule has 1 aliphatic heterocycles. The smallest absolute Gasteiger partial charge is 0.220 e. The number of amides is 1. The molecule has 1 saturated carbocycles. The number of nitrogens with zero attached hydrogens (tertiary/aromatic N) is 1. The van der Waals surface area contributed by atoms with Gasteiger partial charge in [0.25, 0.3) is 0 Å². The number of nitrogens with two attached hydrogens (primary N) is 1. The Morgan fingerprint density at radius 2 is 2.00 bits per heavy atom. The Morgan fingerprint density at radius 1 is 1.30 bits per heavy atom. The Hall–Kier alpha value is -0.610. The predicted molar refractivity (Wildman–Crippen MR) is 82.4 cm³/mol. The molecule has 4 nitrogen and oxygen atoms in total. The number of nitrogens with one attached hydrogen (secondary N) is 1. The third-order valence-corrected chi connectivity index (χ3v) is 5.32. The highest BCUT2D eigenvalue weighted by Gasteiger charge is 2.28. The average Bonchev–Trinajstić information content (AvgIpc) is 2.47. The highest BCUT2D eigenvalue weighted by atomic mass is 16.1. The number of hydrogen-bond donors (Lipinski definition) is 2. The van der Waals surface area contributed by atoms with Crippen molar-refractivity contribution in [3.8, 4) is 0 Å². The molecule has 0 aromatic carbocycles. The maximum absolute atomic E-state index is 11.2. The van der Waals surface area contributed by atoms with Gasteiger partial charge >= 0.3 is 0 Å². The standard InChI is InChI=1S/C16H31N3O/c1-3-19-10-4-5-14(11-19)12(2)18-15-8-6-13(7-9-15)16(17)20/h12-15,18H,3-11H2,1-2H3,(H2,17,20). The van der Waals surface area contributed by atoms with Gasteiger partial charge in [-0.05, 0) is 64.5 Å². The van der Waals surface area contributed by atoms with Crippen LogP contribution in [0.25, 0.3) is 0 Å². The average molecular weight is 281 g/mol. The number of piperidine rings is 1. The lowest BCUT2D eigenvalue weighted by Gasteiger charge is -2.38. The second kappa shape index (κ2) is 7.41. The lowest BCUT2D eigenvalue weighted by molar-refractivity contribution is -0.122. The van der Waals surface area contributed by atoms with Crippen molar-refractivity contribution in [1.82, 2.24) is 10.2 Å². The molecule has 2 aliphatic rings. The van der Waals surface area contributed by atoms with Gasteiger partial charge in [-0.3, -0.25) is 4.79 Å². The quantitative estimate of drug-likeness (QED) is 0.807. The largest absolute Gasteiger partial charge is 0.369 e. The molecular formula is C16H31N3O. The van der Waals surface area contributed by atoms with Gasteiger partial charge in [-0.25, -0.2) is 0 Å². The van der Waals surface area contributed by atoms with Crippen LogP contribution in [-0.4, -0.2) is 42.5 Å². The Labute approximate surface area is 123 Å². The normalized spacial score (nSPS) is 33.8. The van der Waals surface area contributed by atoms with Crippen LogP contribution in [0.1, 0.15) is 52.4 Å². The summed E-state index contributed by atoms with van der Waals surface area (Å²) in [5.74, 6) is 0.786. The Bertz CT molecular complexity index is 313. The van der Waals surface area contributed by atoms with Crippen LogP contribution < -0.4 is 11.1 Å². The number of likely N-dealkylation sites (tertiary alicyclic amines) is 1. The first kappa shape index (κ1) is 15.8. The van der Waals surface area contributed by atoms with E-state index in [0.29, 0.717) is 12.1 Å². The summed E-state index contributed by atoms with van der Waals surface area (Å²) in [6, 6.07) is 1.16. The summed E-state index contributed by atoms with van der Waals surface area (Å²) in [6.45, 7) is 8.27. The van der Waals surface area contributed by atoms with Gasteiger partial charge in [0.1, 0.15) is 0 Å². The first-order valence-electron chi connectivity index (χ1n) is 8.37. The molecule has 116 valence electrons. The van der Waals surface area contributed by atoms with E-state index in [4.69, 9.17) is 5.73 Å². The number of rotatable bonds is 5. The van der Waals surface area contributed by atoms with Crippen molar-refractivity contribution < 1.29 is 4.79 Å². The van der Waals surface area contributed by atoms with Crippen molar-refractivity contribution >= 4 is 5.91 Å². The summed E-state index contributed by atoms with van der Waals surface area (Å²) in [5, 5.41) is 3.81. The number of hydrogen-bond acceptors (Lipinski definition) is 3. The minimum absolute atomic E-state index is 0.109. The lowest BCUT2D eigenvalue weighted by atomic mass is 9.84. The minimum Gasteiger partial charge on any atom is -0.369 e. The van der Waals surface area contributed by atoms with E-state index < -0.39 is 0 Å². The number of primary amides is 1. The van der Waals surface area contributed by atoms with Gasteiger partial charge in [0.2, 0.25) is 5.91 Å². The van der Waals surface area contributed by atoms with Crippen molar-refractivity contribution in [3.05, 3.63) is 0 Å². The van der Waals surface area contributed by atoms with E-state index in [1.807, 2.05) is 0 Å². The SMILES string of the molecule is CCN1CCCC(C(C)NC2CCC(C(N)=O)CC2)C1. The summed E-state index contributed by atoms with van der Waals surface area (Å²) in [5.41, 5.74) is 5.40. The first-order valence-corrected chi connectivity index (χ1v) is 8.37. The molecule has 2 rings (SSSR count). The van der Waals surface area contributed by atoms with E-state index in [1.54, 1.807) is 0 Å². The third-order valence-electron chi connectivity index (χ3n) is 5.32. The molecule has 0 aromatic rings. The fourth-order valence-electron chi connectivity index (χ4n) is 3.84. The van der Waals surface area contributed by atoms with Crippen LogP contribution >= 0.6 is 0 Å². The molecule has 2 unspecified atom stereocenters. The molecule has 0 spiro atoms. The van der Waals surface area contributed by atoms with Gasteiger partial charge in [0, 0.05) is 24.5 Å². The van der Waals surface area contributed by atoms with E-state index in [2.05, 4.69) is 24.1 Å². The van der Waals surface area contributed by atoms with Crippen molar-refractivity contribution in [2.45, 2.75) is 64.5 Å². The van der Waals surface area contributed by atoms with Crippen molar-refractivity contribution in [3.63, 3.8) is 0 Å². The van der Waals surface area contributed by atoms with Crippen LogP contribution in [0.4, 0.5) is 0 Å². The van der Waals surface area contributed by atoms with Gasteiger partial charge in [-0.2, -0.15) is 0 Å². The highest BCUT2D eigenvalue weighted by Crippen LogP contribution is 2.26. The van der Waals surface area contributed by atoms with Crippen LogP contribution in [0.3, 0.4) is 0 Å². The summed E-state index contributed by atoms with van der Waals surface area (Å²) in [4.78, 5) is 13.8. The predicted octanol–water partition coefficient (Wildman–Crippen LogP) is 1.74. The van der Waals surface area contributed by atoms with Crippen molar-refractivity contribution in [2.75, 3.05) is 19.6 Å². The van der Waals surface area contributed by atoms with Crippen molar-refractivity contribution in [2.24, 2.45) is 17.6 Å². The zero-order valence-electron chi connectivity index (χ0n) is 13.1. The highest BCUT2D eigenvalue weighted by molar-refractivity contribution is 5.76. The van der Waals surface area contributed by atoms with Gasteiger partial charge in [-0.1, -0.05) is 6.92 Å². The zero-order valence-corrected chi connectivity index (χ0v) is 13.1. The third kappa shape index (κ3) is 4.19.